The highest BCUT2D eigenvalue weighted by atomic mass is 32.1. The van der Waals surface area contributed by atoms with Gasteiger partial charge in [0.2, 0.25) is 0 Å². The van der Waals surface area contributed by atoms with Gasteiger partial charge in [0.25, 0.3) is 11.8 Å². The van der Waals surface area contributed by atoms with Crippen molar-refractivity contribution < 1.29 is 19.1 Å². The van der Waals surface area contributed by atoms with E-state index in [1.54, 1.807) is 36.9 Å². The zero-order chi connectivity index (χ0) is 22.3. The Hall–Kier alpha value is -3.70. The Morgan fingerprint density at radius 3 is 2.69 bits per heavy atom. The average molecular weight is 455 g/mol. The number of para-hydroxylation sites is 2. The predicted molar refractivity (Wildman–Crippen MR) is 121 cm³/mol. The van der Waals surface area contributed by atoms with Crippen molar-refractivity contribution in [1.29, 1.82) is 0 Å². The van der Waals surface area contributed by atoms with E-state index < -0.39 is 11.8 Å². The van der Waals surface area contributed by atoms with Gasteiger partial charge in [-0.1, -0.05) is 12.1 Å². The minimum atomic E-state index is -0.521. The number of anilines is 3. The highest BCUT2D eigenvalue weighted by molar-refractivity contribution is 7.13. The van der Waals surface area contributed by atoms with E-state index >= 15 is 0 Å². The van der Waals surface area contributed by atoms with Crippen LogP contribution in [-0.2, 0) is 4.74 Å². The fraction of sp³-hybridized carbons (Fsp3) is 0.238. The van der Waals surface area contributed by atoms with Gasteiger partial charge >= 0.3 is 0 Å². The largest absolute Gasteiger partial charge is 0.495 e. The zero-order valence-corrected chi connectivity index (χ0v) is 18.1. The second kappa shape index (κ2) is 10.1. The summed E-state index contributed by atoms with van der Waals surface area (Å²) in [5.41, 5.74) is 5.98. The number of benzene rings is 1. The van der Waals surface area contributed by atoms with Crippen molar-refractivity contribution >= 4 is 39.8 Å². The molecule has 166 valence electrons. The second-order valence-electron chi connectivity index (χ2n) is 6.75. The monoisotopic (exact) mass is 454 g/mol. The van der Waals surface area contributed by atoms with Crippen molar-refractivity contribution in [3.63, 3.8) is 0 Å². The van der Waals surface area contributed by atoms with Crippen LogP contribution in [0.5, 0.6) is 5.75 Å². The Morgan fingerprint density at radius 1 is 1.09 bits per heavy atom. The highest BCUT2D eigenvalue weighted by Crippen LogP contribution is 2.27. The molecule has 4 rings (SSSR count). The maximum atomic E-state index is 12.7. The van der Waals surface area contributed by atoms with E-state index in [1.807, 2.05) is 18.2 Å². The summed E-state index contributed by atoms with van der Waals surface area (Å²) >= 11 is 1.38. The van der Waals surface area contributed by atoms with Gasteiger partial charge in [0.05, 0.1) is 31.6 Å². The number of hydrogen-bond donors (Lipinski definition) is 3. The molecule has 0 radical (unpaired) electrons. The van der Waals surface area contributed by atoms with Crippen LogP contribution >= 0.6 is 11.3 Å². The number of nitrogens with zero attached hydrogens (tertiary/aromatic N) is 3. The summed E-state index contributed by atoms with van der Waals surface area (Å²) in [7, 11) is 1.56. The normalized spacial score (nSPS) is 13.3. The number of carbonyl (C=O) groups excluding carboxylic acids is 2. The third kappa shape index (κ3) is 4.95. The number of hydrazine groups is 1. The van der Waals surface area contributed by atoms with Gasteiger partial charge in [-0.15, -0.1) is 11.3 Å². The van der Waals surface area contributed by atoms with Crippen LogP contribution in [0.25, 0.3) is 0 Å². The number of nitrogens with one attached hydrogen (secondary N) is 3. The van der Waals surface area contributed by atoms with Crippen LogP contribution in [-0.4, -0.2) is 55.2 Å². The lowest BCUT2D eigenvalue weighted by Crippen LogP contribution is -2.42. The fourth-order valence-corrected chi connectivity index (χ4v) is 3.94. The molecule has 0 bridgehead atoms. The van der Waals surface area contributed by atoms with Gasteiger partial charge in [-0.3, -0.25) is 20.4 Å². The lowest BCUT2D eigenvalue weighted by atomic mass is 10.2. The molecule has 0 saturated carbocycles. The molecule has 2 aromatic heterocycles. The first-order valence-corrected chi connectivity index (χ1v) is 10.8. The number of rotatable bonds is 6. The molecule has 3 N–H and O–H groups in total. The lowest BCUT2D eigenvalue weighted by Gasteiger charge is -2.25. The van der Waals surface area contributed by atoms with Gasteiger partial charge in [-0.2, -0.15) is 0 Å². The summed E-state index contributed by atoms with van der Waals surface area (Å²) < 4.78 is 10.7. The van der Waals surface area contributed by atoms with E-state index in [2.05, 4.69) is 31.0 Å². The number of morpholine rings is 1. The first kappa shape index (κ1) is 21.5. The Balaban J connectivity index is 1.40. The van der Waals surface area contributed by atoms with Crippen molar-refractivity contribution in [3.05, 3.63) is 59.2 Å². The van der Waals surface area contributed by atoms with E-state index in [0.29, 0.717) is 30.5 Å². The maximum absolute atomic E-state index is 12.7. The van der Waals surface area contributed by atoms with Crippen molar-refractivity contribution in [2.45, 2.75) is 0 Å². The van der Waals surface area contributed by atoms with Crippen LogP contribution in [0.4, 0.5) is 16.6 Å². The highest BCUT2D eigenvalue weighted by Gasteiger charge is 2.19. The van der Waals surface area contributed by atoms with Crippen LogP contribution in [0.15, 0.2) is 48.0 Å². The van der Waals surface area contributed by atoms with Crippen molar-refractivity contribution in [2.75, 3.05) is 43.6 Å². The molecule has 3 aromatic rings. The number of ether oxygens (including phenoxy) is 2. The van der Waals surface area contributed by atoms with Crippen LogP contribution < -0.4 is 25.8 Å². The van der Waals surface area contributed by atoms with Gasteiger partial charge in [0.15, 0.2) is 5.13 Å². The first-order chi connectivity index (χ1) is 15.7. The number of pyridine rings is 1. The Labute approximate surface area is 188 Å². The molecule has 32 heavy (non-hydrogen) atoms. The van der Waals surface area contributed by atoms with Crippen molar-refractivity contribution in [2.24, 2.45) is 0 Å². The number of thiazole rings is 1. The SMILES string of the molecule is COc1ccccc1Nc1ncccc1C(=O)NNC(=O)c1csc(N2CCOCC2)n1. The van der Waals surface area contributed by atoms with Gasteiger partial charge < -0.3 is 19.7 Å². The molecular weight excluding hydrogens is 432 g/mol. The Kier molecular flexibility index (Phi) is 6.78. The Morgan fingerprint density at radius 2 is 1.88 bits per heavy atom. The number of hydrogen-bond acceptors (Lipinski definition) is 9. The van der Waals surface area contributed by atoms with Gasteiger partial charge in [-0.25, -0.2) is 9.97 Å². The first-order valence-electron chi connectivity index (χ1n) is 9.89. The molecule has 3 heterocycles. The molecule has 2 amide bonds. The van der Waals surface area contributed by atoms with Crippen molar-refractivity contribution in [3.8, 4) is 5.75 Å². The standard InChI is InChI=1S/C21H22N6O4S/c1-30-17-7-3-2-6-15(17)23-18-14(5-4-8-22-18)19(28)25-26-20(29)16-13-32-21(24-16)27-9-11-31-12-10-27/h2-8,13H,9-12H2,1H3,(H,22,23)(H,25,28)(H,26,29). The molecule has 1 aliphatic rings. The van der Waals surface area contributed by atoms with Gasteiger partial charge in [-0.05, 0) is 24.3 Å². The maximum Gasteiger partial charge on any atom is 0.289 e. The van der Waals surface area contributed by atoms with E-state index in [1.165, 1.54) is 11.3 Å². The summed E-state index contributed by atoms with van der Waals surface area (Å²) in [5, 5.41) is 5.50. The second-order valence-corrected chi connectivity index (χ2v) is 7.58. The summed E-state index contributed by atoms with van der Waals surface area (Å²) in [5.74, 6) is -0.0888. The third-order valence-electron chi connectivity index (χ3n) is 4.71. The molecule has 0 atom stereocenters. The molecule has 1 fully saturated rings. The molecule has 1 aliphatic heterocycles. The summed E-state index contributed by atoms with van der Waals surface area (Å²) in [4.78, 5) is 35.9. The van der Waals surface area contributed by atoms with E-state index in [9.17, 15) is 9.59 Å². The minimum absolute atomic E-state index is 0.232. The number of amides is 2. The Bertz CT molecular complexity index is 1100. The van der Waals surface area contributed by atoms with E-state index in [0.717, 1.165) is 18.2 Å². The quantitative estimate of drug-likeness (QED) is 0.485. The van der Waals surface area contributed by atoms with E-state index in [-0.39, 0.29) is 11.3 Å². The van der Waals surface area contributed by atoms with Crippen LogP contribution in [0.1, 0.15) is 20.8 Å². The molecule has 0 aliphatic carbocycles. The fourth-order valence-electron chi connectivity index (χ4n) is 3.08. The summed E-state index contributed by atoms with van der Waals surface area (Å²) in [6.45, 7) is 2.73. The number of carbonyl (C=O) groups is 2. The zero-order valence-electron chi connectivity index (χ0n) is 17.3. The summed E-state index contributed by atoms with van der Waals surface area (Å²) in [6, 6.07) is 10.5. The van der Waals surface area contributed by atoms with Gasteiger partial charge in [0, 0.05) is 24.7 Å². The summed E-state index contributed by atoms with van der Waals surface area (Å²) in [6.07, 6.45) is 1.57. The predicted octanol–water partition coefficient (Wildman–Crippen LogP) is 2.20. The molecule has 0 unspecified atom stereocenters. The molecule has 1 aromatic carbocycles. The molecule has 10 nitrogen and oxygen atoms in total. The average Bonchev–Trinajstić information content (AvgIpc) is 3.34. The topological polar surface area (TPSA) is 118 Å². The van der Waals surface area contributed by atoms with E-state index in [4.69, 9.17) is 9.47 Å². The molecular formula is C21H22N6O4S. The smallest absolute Gasteiger partial charge is 0.289 e. The third-order valence-corrected chi connectivity index (χ3v) is 5.61. The molecule has 1 saturated heterocycles. The lowest BCUT2D eigenvalue weighted by molar-refractivity contribution is 0.0844. The number of aromatic nitrogens is 2. The van der Waals surface area contributed by atoms with Gasteiger partial charge in [0.1, 0.15) is 17.3 Å². The minimum Gasteiger partial charge on any atom is -0.495 e. The van der Waals surface area contributed by atoms with Crippen LogP contribution in [0.2, 0.25) is 0 Å². The van der Waals surface area contributed by atoms with Crippen molar-refractivity contribution in [1.82, 2.24) is 20.8 Å². The van der Waals surface area contributed by atoms with Crippen LogP contribution in [0, 0.1) is 0 Å². The number of methoxy groups -OCH3 is 1. The van der Waals surface area contributed by atoms with Crippen LogP contribution in [0.3, 0.4) is 0 Å². The molecule has 0 spiro atoms. The molecule has 11 heteroatoms.